The molecule has 0 radical (unpaired) electrons. The minimum Gasteiger partial charge on any atom is -0.369 e. The minimum absolute atomic E-state index is 0.0668. The molecule has 5 nitrogen and oxygen atoms in total. The zero-order valence-corrected chi connectivity index (χ0v) is 18.6. The van der Waals surface area contributed by atoms with Gasteiger partial charge in [0.05, 0.1) is 22.3 Å². The summed E-state index contributed by atoms with van der Waals surface area (Å²) < 4.78 is 19.4. The average molecular weight is 442 g/mol. The van der Waals surface area contributed by atoms with Gasteiger partial charge >= 0.3 is 0 Å². The van der Waals surface area contributed by atoms with Crippen LogP contribution in [-0.2, 0) is 0 Å². The number of benzene rings is 3. The van der Waals surface area contributed by atoms with Gasteiger partial charge in [0.25, 0.3) is 0 Å². The van der Waals surface area contributed by atoms with Crippen molar-refractivity contribution in [3.8, 4) is 11.3 Å². The van der Waals surface area contributed by atoms with E-state index < -0.39 is 0 Å². The molecule has 1 aromatic heterocycles. The molecule has 2 heterocycles. The second-order valence-corrected chi connectivity index (χ2v) is 9.41. The number of nitrogens with zero attached hydrogens (tertiary/aromatic N) is 2. The van der Waals surface area contributed by atoms with E-state index in [2.05, 4.69) is 29.2 Å². The highest BCUT2D eigenvalue weighted by atomic mass is 19.1. The van der Waals surface area contributed by atoms with E-state index in [1.807, 2.05) is 30.3 Å². The summed E-state index contributed by atoms with van der Waals surface area (Å²) in [4.78, 5) is 16.0. The molecule has 0 spiro atoms. The highest BCUT2D eigenvalue weighted by Crippen LogP contribution is 2.47. The SMILES string of the molecule is C[C@H]1C[C@H](C)CN(c2cc(Nc3ccc(F)cc3)c3c4c(onc24)-c2ccccc2C3=O)C1. The van der Waals surface area contributed by atoms with Crippen molar-refractivity contribution < 1.29 is 13.7 Å². The Kier molecular flexibility index (Phi) is 4.50. The largest absolute Gasteiger partial charge is 0.369 e. The van der Waals surface area contributed by atoms with Crippen LogP contribution in [0.2, 0.25) is 0 Å². The normalized spacial score (nSPS) is 19.6. The van der Waals surface area contributed by atoms with E-state index in [1.54, 1.807) is 12.1 Å². The van der Waals surface area contributed by atoms with Gasteiger partial charge < -0.3 is 14.7 Å². The number of carbonyl (C=O) groups is 1. The topological polar surface area (TPSA) is 58.4 Å². The van der Waals surface area contributed by atoms with Gasteiger partial charge in [-0.3, -0.25) is 4.79 Å². The van der Waals surface area contributed by atoms with Crippen LogP contribution in [0.5, 0.6) is 0 Å². The van der Waals surface area contributed by atoms with Crippen molar-refractivity contribution in [1.82, 2.24) is 5.16 Å². The summed E-state index contributed by atoms with van der Waals surface area (Å²) >= 11 is 0. The van der Waals surface area contributed by atoms with E-state index in [0.29, 0.717) is 45.6 Å². The molecule has 1 aliphatic carbocycles. The highest BCUT2D eigenvalue weighted by molar-refractivity contribution is 6.28. The maximum atomic E-state index is 13.7. The highest BCUT2D eigenvalue weighted by Gasteiger charge is 2.34. The maximum absolute atomic E-state index is 13.7. The van der Waals surface area contributed by atoms with Gasteiger partial charge in [-0.25, -0.2) is 4.39 Å². The summed E-state index contributed by atoms with van der Waals surface area (Å²) in [6, 6.07) is 15.6. The van der Waals surface area contributed by atoms with Crippen molar-refractivity contribution >= 4 is 33.7 Å². The van der Waals surface area contributed by atoms with Gasteiger partial charge in [-0.2, -0.15) is 0 Å². The monoisotopic (exact) mass is 441 g/mol. The molecule has 1 N–H and O–H groups in total. The van der Waals surface area contributed by atoms with Crippen LogP contribution in [0.4, 0.5) is 21.5 Å². The Labute approximate surface area is 191 Å². The zero-order valence-electron chi connectivity index (χ0n) is 18.6. The maximum Gasteiger partial charge on any atom is 0.196 e. The summed E-state index contributed by atoms with van der Waals surface area (Å²) in [5, 5.41) is 8.58. The molecule has 166 valence electrons. The summed E-state index contributed by atoms with van der Waals surface area (Å²) in [7, 11) is 0. The van der Waals surface area contributed by atoms with Crippen LogP contribution >= 0.6 is 0 Å². The molecule has 3 aromatic carbocycles. The van der Waals surface area contributed by atoms with Crippen LogP contribution in [-0.4, -0.2) is 24.0 Å². The number of piperidine rings is 1. The van der Waals surface area contributed by atoms with E-state index in [1.165, 1.54) is 18.6 Å². The van der Waals surface area contributed by atoms with Crippen LogP contribution in [0.3, 0.4) is 0 Å². The van der Waals surface area contributed by atoms with Gasteiger partial charge in [-0.05, 0) is 48.6 Å². The lowest BCUT2D eigenvalue weighted by Crippen LogP contribution is -2.39. The Hall–Kier alpha value is -3.67. The molecule has 0 bridgehead atoms. The van der Waals surface area contributed by atoms with Crippen molar-refractivity contribution in [2.45, 2.75) is 20.3 Å². The van der Waals surface area contributed by atoms with E-state index >= 15 is 0 Å². The van der Waals surface area contributed by atoms with E-state index in [9.17, 15) is 9.18 Å². The Bertz CT molecular complexity index is 1380. The molecule has 6 rings (SSSR count). The average Bonchev–Trinajstić information content (AvgIpc) is 3.24. The molecule has 1 aliphatic heterocycles. The van der Waals surface area contributed by atoms with E-state index in [4.69, 9.17) is 4.52 Å². The molecular weight excluding hydrogens is 417 g/mol. The number of halogens is 1. The Morgan fingerprint density at radius 3 is 2.45 bits per heavy atom. The zero-order chi connectivity index (χ0) is 22.7. The van der Waals surface area contributed by atoms with Gasteiger partial charge in [-0.1, -0.05) is 43.3 Å². The molecule has 0 amide bonds. The number of anilines is 3. The van der Waals surface area contributed by atoms with Crippen molar-refractivity contribution in [2.24, 2.45) is 11.8 Å². The lowest BCUT2D eigenvalue weighted by atomic mass is 9.85. The first-order chi connectivity index (χ1) is 16.0. The van der Waals surface area contributed by atoms with Gasteiger partial charge in [0, 0.05) is 29.9 Å². The fourth-order valence-corrected chi connectivity index (χ4v) is 5.43. The third-order valence-electron chi connectivity index (χ3n) is 6.71. The standard InChI is InChI=1S/C27H24FN3O2/c1-15-11-16(2)14-31(13-15)22-12-21(29-18-9-7-17(28)8-10-18)23-24-25(22)30-33-27(24)20-6-4-3-5-19(20)26(23)32/h3-10,12,15-16,29H,11,13-14H2,1-2H3/t15-,16-/m0/s1. The fraction of sp³-hybridized carbons (Fsp3) is 0.259. The van der Waals surface area contributed by atoms with Gasteiger partial charge in [0.1, 0.15) is 11.3 Å². The number of ketones is 1. The molecule has 0 unspecified atom stereocenters. The van der Waals surface area contributed by atoms with Crippen LogP contribution < -0.4 is 10.2 Å². The molecule has 6 heteroatoms. The number of carbonyl (C=O) groups excluding carboxylic acids is 1. The summed E-state index contributed by atoms with van der Waals surface area (Å²) in [5.74, 6) is 1.36. The second kappa shape index (κ2) is 7.44. The van der Waals surface area contributed by atoms with Crippen molar-refractivity contribution in [1.29, 1.82) is 0 Å². The summed E-state index contributed by atoms with van der Waals surface area (Å²) in [6.45, 7) is 6.37. The lowest BCUT2D eigenvalue weighted by molar-refractivity contribution is 0.104. The Balaban J connectivity index is 1.60. The molecule has 4 aromatic rings. The predicted octanol–water partition coefficient (Wildman–Crippen LogP) is 6.40. The third kappa shape index (κ3) is 3.20. The molecule has 1 fully saturated rings. The number of nitrogens with one attached hydrogen (secondary N) is 1. The van der Waals surface area contributed by atoms with Gasteiger partial charge in [-0.15, -0.1) is 0 Å². The number of fused-ring (bicyclic) bond motifs is 2. The van der Waals surface area contributed by atoms with Gasteiger partial charge in [0.15, 0.2) is 11.5 Å². The van der Waals surface area contributed by atoms with E-state index in [-0.39, 0.29) is 11.6 Å². The first-order valence-corrected chi connectivity index (χ1v) is 11.4. The number of aromatic nitrogens is 1. The van der Waals surface area contributed by atoms with Crippen molar-refractivity contribution in [3.63, 3.8) is 0 Å². The smallest absolute Gasteiger partial charge is 0.196 e. The Morgan fingerprint density at radius 1 is 1.03 bits per heavy atom. The Morgan fingerprint density at radius 2 is 1.73 bits per heavy atom. The second-order valence-electron chi connectivity index (χ2n) is 9.41. The molecule has 2 atom stereocenters. The quantitative estimate of drug-likeness (QED) is 0.351. The molecule has 0 saturated carbocycles. The van der Waals surface area contributed by atoms with Crippen LogP contribution in [0, 0.1) is 17.7 Å². The molecule has 33 heavy (non-hydrogen) atoms. The number of rotatable bonds is 3. The summed E-state index contributed by atoms with van der Waals surface area (Å²) in [5.41, 5.74) is 4.97. The van der Waals surface area contributed by atoms with Crippen LogP contribution in [0.1, 0.15) is 36.2 Å². The third-order valence-corrected chi connectivity index (χ3v) is 6.71. The summed E-state index contributed by atoms with van der Waals surface area (Å²) in [6.07, 6.45) is 1.19. The molecular formula is C27H24FN3O2. The number of hydrogen-bond donors (Lipinski definition) is 1. The minimum atomic E-state index is -0.305. The van der Waals surface area contributed by atoms with Crippen molar-refractivity contribution in [3.05, 3.63) is 71.5 Å². The molecule has 2 aliphatic rings. The van der Waals surface area contributed by atoms with E-state index in [0.717, 1.165) is 29.7 Å². The number of hydrogen-bond acceptors (Lipinski definition) is 5. The molecule has 1 saturated heterocycles. The van der Waals surface area contributed by atoms with Gasteiger partial charge in [0.2, 0.25) is 0 Å². The lowest BCUT2D eigenvalue weighted by Gasteiger charge is -2.37. The first-order valence-electron chi connectivity index (χ1n) is 11.4. The first kappa shape index (κ1) is 20.0. The van der Waals surface area contributed by atoms with Crippen LogP contribution in [0.25, 0.3) is 22.2 Å². The van der Waals surface area contributed by atoms with Crippen LogP contribution in [0.15, 0.2) is 59.1 Å². The fourth-order valence-electron chi connectivity index (χ4n) is 5.43. The predicted molar refractivity (Wildman–Crippen MR) is 128 cm³/mol. The van der Waals surface area contributed by atoms with Crippen molar-refractivity contribution in [2.75, 3.05) is 23.3 Å².